The molecule has 0 saturated carbocycles. The van der Waals surface area contributed by atoms with E-state index in [0.29, 0.717) is 50.9 Å². The first-order chi connectivity index (χ1) is 15.5. The number of carbonyl (C=O) groups is 1. The summed E-state index contributed by atoms with van der Waals surface area (Å²) in [5.74, 6) is 1.07. The number of amides is 1. The summed E-state index contributed by atoms with van der Waals surface area (Å²) in [6.07, 6.45) is 0. The van der Waals surface area contributed by atoms with E-state index in [1.807, 2.05) is 44.2 Å². The van der Waals surface area contributed by atoms with Crippen molar-refractivity contribution in [3.63, 3.8) is 0 Å². The van der Waals surface area contributed by atoms with Gasteiger partial charge in [-0.25, -0.2) is 9.67 Å². The van der Waals surface area contributed by atoms with Gasteiger partial charge >= 0.3 is 0 Å². The highest BCUT2D eigenvalue weighted by Crippen LogP contribution is 2.40. The molecule has 0 saturated heterocycles. The molecule has 0 aliphatic carbocycles. The number of rotatable bonds is 6. The van der Waals surface area contributed by atoms with Crippen LogP contribution in [0.1, 0.15) is 21.7 Å². The molecule has 1 amide bonds. The third-order valence-electron chi connectivity index (χ3n) is 5.11. The molecule has 2 aromatic carbocycles. The maximum absolute atomic E-state index is 13.3. The van der Waals surface area contributed by atoms with Crippen LogP contribution in [0.15, 0.2) is 48.5 Å². The monoisotopic (exact) mass is 432 g/mol. The summed E-state index contributed by atoms with van der Waals surface area (Å²) in [5.41, 5.74) is 3.93. The Bertz CT molecular complexity index is 1270. The average Bonchev–Trinajstić information content (AvgIpc) is 3.14. The van der Waals surface area contributed by atoms with Gasteiger partial charge in [-0.2, -0.15) is 5.10 Å². The van der Waals surface area contributed by atoms with Crippen molar-refractivity contribution in [1.82, 2.24) is 14.8 Å². The largest absolute Gasteiger partial charge is 0.493 e. The molecule has 0 radical (unpaired) electrons. The molecule has 0 bridgehead atoms. The predicted octanol–water partition coefficient (Wildman–Crippen LogP) is 4.32. The number of hydrogen-bond donors (Lipinski definition) is 1. The van der Waals surface area contributed by atoms with Crippen molar-refractivity contribution < 1.29 is 19.0 Å². The predicted molar refractivity (Wildman–Crippen MR) is 122 cm³/mol. The zero-order valence-electron chi connectivity index (χ0n) is 18.6. The van der Waals surface area contributed by atoms with Gasteiger partial charge in [-0.3, -0.25) is 4.79 Å². The van der Waals surface area contributed by atoms with E-state index in [9.17, 15) is 4.79 Å². The summed E-state index contributed by atoms with van der Waals surface area (Å²) in [6.45, 7) is 3.72. The highest BCUT2D eigenvalue weighted by Gasteiger charge is 2.21. The molecule has 0 aliphatic rings. The molecule has 8 nitrogen and oxygen atoms in total. The second-order valence-electron chi connectivity index (χ2n) is 7.21. The minimum atomic E-state index is -0.287. The number of hydrogen-bond acceptors (Lipinski definition) is 6. The molecule has 2 heterocycles. The Labute approximate surface area is 185 Å². The van der Waals surface area contributed by atoms with Gasteiger partial charge in [-0.15, -0.1) is 0 Å². The van der Waals surface area contributed by atoms with E-state index >= 15 is 0 Å². The number of nitrogens with one attached hydrogen (secondary N) is 1. The smallest absolute Gasteiger partial charge is 0.256 e. The second kappa shape index (κ2) is 8.58. The molecule has 4 rings (SSSR count). The molecule has 4 aromatic rings. The number of ether oxygens (including phenoxy) is 3. The van der Waals surface area contributed by atoms with Gasteiger partial charge in [-0.1, -0.05) is 18.2 Å². The molecule has 0 atom stereocenters. The van der Waals surface area contributed by atoms with Crippen LogP contribution in [0, 0.1) is 13.8 Å². The van der Waals surface area contributed by atoms with E-state index in [1.165, 1.54) is 21.3 Å². The number of anilines is 1. The maximum atomic E-state index is 13.3. The second-order valence-corrected chi connectivity index (χ2v) is 7.21. The van der Waals surface area contributed by atoms with Crippen LogP contribution in [0.5, 0.6) is 17.2 Å². The Morgan fingerprint density at radius 2 is 1.59 bits per heavy atom. The number of methoxy groups -OCH3 is 3. The van der Waals surface area contributed by atoms with Gasteiger partial charge in [0.05, 0.1) is 43.7 Å². The van der Waals surface area contributed by atoms with Crippen molar-refractivity contribution in [1.29, 1.82) is 0 Å². The molecule has 164 valence electrons. The van der Waals surface area contributed by atoms with Crippen molar-refractivity contribution in [3.05, 3.63) is 65.5 Å². The van der Waals surface area contributed by atoms with Crippen molar-refractivity contribution in [2.75, 3.05) is 26.6 Å². The Kier molecular flexibility index (Phi) is 5.68. The minimum Gasteiger partial charge on any atom is -0.493 e. The van der Waals surface area contributed by atoms with E-state index in [-0.39, 0.29) is 5.91 Å². The summed E-state index contributed by atoms with van der Waals surface area (Å²) >= 11 is 0. The summed E-state index contributed by atoms with van der Waals surface area (Å²) in [4.78, 5) is 18.0. The summed E-state index contributed by atoms with van der Waals surface area (Å²) < 4.78 is 17.9. The van der Waals surface area contributed by atoms with E-state index in [1.54, 1.807) is 22.9 Å². The first kappa shape index (κ1) is 21.2. The summed E-state index contributed by atoms with van der Waals surface area (Å²) in [6, 6.07) is 14.8. The lowest BCUT2D eigenvalue weighted by molar-refractivity contribution is 0.102. The maximum Gasteiger partial charge on any atom is 0.256 e. The zero-order chi connectivity index (χ0) is 22.8. The van der Waals surface area contributed by atoms with Gasteiger partial charge in [0.1, 0.15) is 0 Å². The van der Waals surface area contributed by atoms with Gasteiger partial charge in [0.15, 0.2) is 17.1 Å². The van der Waals surface area contributed by atoms with Crippen LogP contribution in [0.25, 0.3) is 16.7 Å². The number of aryl methyl sites for hydroxylation is 2. The first-order valence-electron chi connectivity index (χ1n) is 10.0. The Hall–Kier alpha value is -4.07. The summed E-state index contributed by atoms with van der Waals surface area (Å²) in [7, 11) is 4.59. The van der Waals surface area contributed by atoms with Gasteiger partial charge < -0.3 is 19.5 Å². The number of fused-ring (bicyclic) bond motifs is 1. The molecule has 0 aliphatic heterocycles. The third-order valence-corrected chi connectivity index (χ3v) is 5.11. The van der Waals surface area contributed by atoms with E-state index in [4.69, 9.17) is 14.2 Å². The van der Waals surface area contributed by atoms with Gasteiger partial charge in [0.25, 0.3) is 5.91 Å². The molecule has 0 fully saturated rings. The van der Waals surface area contributed by atoms with Gasteiger partial charge in [0, 0.05) is 23.5 Å². The molecule has 32 heavy (non-hydrogen) atoms. The normalized spacial score (nSPS) is 10.8. The van der Waals surface area contributed by atoms with Crippen molar-refractivity contribution in [3.8, 4) is 22.9 Å². The van der Waals surface area contributed by atoms with Crippen molar-refractivity contribution in [2.45, 2.75) is 13.8 Å². The Balaban J connectivity index is 1.79. The Morgan fingerprint density at radius 1 is 0.938 bits per heavy atom. The van der Waals surface area contributed by atoms with Crippen LogP contribution >= 0.6 is 0 Å². The van der Waals surface area contributed by atoms with Gasteiger partial charge in [0.2, 0.25) is 5.75 Å². The average molecular weight is 432 g/mol. The van der Waals surface area contributed by atoms with Crippen LogP contribution in [-0.4, -0.2) is 42.0 Å². The minimum absolute atomic E-state index is 0.287. The first-order valence-corrected chi connectivity index (χ1v) is 10.0. The third kappa shape index (κ3) is 3.71. The van der Waals surface area contributed by atoms with Crippen LogP contribution in [-0.2, 0) is 0 Å². The molecular weight excluding hydrogens is 408 g/mol. The standard InChI is InChI=1S/C24H24N4O4/c1-14-11-18(21-15(2)27-28(23(21)25-14)17-9-7-6-8-10-17)24(29)26-16-12-19(30-3)22(32-5)20(13-16)31-4/h6-13H,1-5H3,(H,26,29). The topological polar surface area (TPSA) is 87.5 Å². The van der Waals surface area contributed by atoms with Crippen LogP contribution in [0.3, 0.4) is 0 Å². The number of nitrogens with zero attached hydrogens (tertiary/aromatic N) is 3. The van der Waals surface area contributed by atoms with Crippen LogP contribution in [0.4, 0.5) is 5.69 Å². The van der Waals surface area contributed by atoms with E-state index in [2.05, 4.69) is 15.4 Å². The fourth-order valence-electron chi connectivity index (χ4n) is 3.69. The van der Waals surface area contributed by atoms with Crippen molar-refractivity contribution >= 4 is 22.6 Å². The molecule has 1 N–H and O–H groups in total. The fraction of sp³-hybridized carbons (Fsp3) is 0.208. The molecule has 0 spiro atoms. The number of aromatic nitrogens is 3. The quantitative estimate of drug-likeness (QED) is 0.488. The lowest BCUT2D eigenvalue weighted by Gasteiger charge is -2.15. The SMILES string of the molecule is COc1cc(NC(=O)c2cc(C)nc3c2c(C)nn3-c2ccccc2)cc(OC)c1OC. The van der Waals surface area contributed by atoms with Crippen molar-refractivity contribution in [2.24, 2.45) is 0 Å². The van der Waals surface area contributed by atoms with E-state index < -0.39 is 0 Å². The molecule has 8 heteroatoms. The number of carbonyl (C=O) groups excluding carboxylic acids is 1. The molecule has 2 aromatic heterocycles. The Morgan fingerprint density at radius 3 is 2.19 bits per heavy atom. The molecule has 0 unspecified atom stereocenters. The number of benzene rings is 2. The highest BCUT2D eigenvalue weighted by atomic mass is 16.5. The summed E-state index contributed by atoms with van der Waals surface area (Å²) in [5, 5.41) is 8.28. The molecular formula is C24H24N4O4. The number of pyridine rings is 1. The fourth-order valence-corrected chi connectivity index (χ4v) is 3.69. The highest BCUT2D eigenvalue weighted by molar-refractivity contribution is 6.13. The lowest BCUT2D eigenvalue weighted by atomic mass is 10.1. The zero-order valence-corrected chi connectivity index (χ0v) is 18.6. The van der Waals surface area contributed by atoms with Crippen LogP contribution in [0.2, 0.25) is 0 Å². The van der Waals surface area contributed by atoms with E-state index in [0.717, 1.165) is 5.69 Å². The number of para-hydroxylation sites is 1. The lowest BCUT2D eigenvalue weighted by Crippen LogP contribution is -2.14. The van der Waals surface area contributed by atoms with Gasteiger partial charge in [-0.05, 0) is 32.0 Å². The van der Waals surface area contributed by atoms with Crippen LogP contribution < -0.4 is 19.5 Å².